The van der Waals surface area contributed by atoms with Gasteiger partial charge in [-0.15, -0.1) is 11.6 Å². The first-order chi connectivity index (χ1) is 60.9. The molecule has 670 valence electrons. The summed E-state index contributed by atoms with van der Waals surface area (Å²) in [6.45, 7) is 8.36. The van der Waals surface area contributed by atoms with E-state index in [0.717, 1.165) is 104 Å². The van der Waals surface area contributed by atoms with Crippen LogP contribution in [0.5, 0.6) is 63.2 Å². The van der Waals surface area contributed by atoms with E-state index in [1.54, 1.807) is 12.1 Å². The van der Waals surface area contributed by atoms with Gasteiger partial charge in [0.15, 0.2) is 0 Å². The van der Waals surface area contributed by atoms with Crippen LogP contribution in [0.15, 0.2) is 299 Å². The summed E-state index contributed by atoms with van der Waals surface area (Å²) >= 11 is 5.95. The van der Waals surface area contributed by atoms with Crippen molar-refractivity contribution in [2.45, 2.75) is 111 Å². The van der Waals surface area contributed by atoms with Crippen molar-refractivity contribution in [2.75, 3.05) is 60.0 Å². The summed E-state index contributed by atoms with van der Waals surface area (Å²) in [6, 6.07) is 66.2. The van der Waals surface area contributed by atoms with Crippen molar-refractivity contribution in [3.8, 4) is 63.2 Å². The molecule has 12 aromatic rings. The van der Waals surface area contributed by atoms with Crippen molar-refractivity contribution in [1.29, 1.82) is 0 Å². The third-order valence-corrected chi connectivity index (χ3v) is 25.5. The Balaban J connectivity index is 0.000000156. The van der Waals surface area contributed by atoms with E-state index in [9.17, 15) is 79.7 Å². The number of halogens is 13. The van der Waals surface area contributed by atoms with Crippen LogP contribution in [0.4, 0.5) is 52.7 Å². The van der Waals surface area contributed by atoms with Crippen LogP contribution < -0.4 is 33.2 Å². The second-order valence-electron chi connectivity index (χ2n) is 30.5. The number of epoxide rings is 4. The number of ether oxygens (including phenoxy) is 11. The van der Waals surface area contributed by atoms with E-state index in [4.69, 9.17) is 63.7 Å². The minimum Gasteiger partial charge on any atom is -0.508 e. The van der Waals surface area contributed by atoms with Gasteiger partial charge in [0.2, 0.25) is 30.5 Å². The number of phenolic OH excluding ortho intramolecular Hbond substituents is 2. The lowest BCUT2D eigenvalue weighted by molar-refractivity contribution is -0.290. The highest BCUT2D eigenvalue weighted by molar-refractivity contribution is 7.91. The zero-order valence-electron chi connectivity index (χ0n) is 68.1. The molecule has 4 unspecified atom stereocenters. The molecule has 0 aliphatic carbocycles. The quantitative estimate of drug-likeness (QED) is 0.0234. The summed E-state index contributed by atoms with van der Waals surface area (Å²) in [5, 5.41) is 19.1. The van der Waals surface area contributed by atoms with Crippen LogP contribution in [0.25, 0.3) is 0 Å². The van der Waals surface area contributed by atoms with Gasteiger partial charge < -0.3 is 62.3 Å². The Morgan fingerprint density at radius 2 is 0.625 bits per heavy atom. The van der Waals surface area contributed by atoms with Gasteiger partial charge in [-0.3, -0.25) is 0 Å². The molecule has 32 heteroatoms. The zero-order valence-corrected chi connectivity index (χ0v) is 70.5. The highest BCUT2D eigenvalue weighted by Gasteiger charge is 2.74. The molecule has 2 N–H and O–H groups in total. The normalized spacial score (nSPS) is 16.6. The molecule has 0 spiro atoms. The fourth-order valence-electron chi connectivity index (χ4n) is 14.4. The summed E-state index contributed by atoms with van der Waals surface area (Å²) < 4.78 is 286. The van der Waals surface area contributed by atoms with Crippen LogP contribution in [-0.2, 0) is 55.3 Å². The molecule has 12 aromatic carbocycles. The lowest BCUT2D eigenvalue weighted by Crippen LogP contribution is -2.54. The Morgan fingerprint density at radius 3 is 0.938 bits per heavy atom. The maximum absolute atomic E-state index is 14.5. The topological polar surface area (TPSA) is 223 Å². The van der Waals surface area contributed by atoms with Gasteiger partial charge in [0.25, 0.3) is 0 Å². The number of aryl methyl sites for hydroxylation is 2. The molecule has 0 amide bonds. The van der Waals surface area contributed by atoms with Crippen molar-refractivity contribution in [3.63, 3.8) is 0 Å². The fourth-order valence-corrected chi connectivity index (χ4v) is 17.1. The third kappa shape index (κ3) is 21.2. The van der Waals surface area contributed by atoms with Crippen LogP contribution in [0.1, 0.15) is 73.0 Å². The van der Waals surface area contributed by atoms with E-state index >= 15 is 0 Å². The first kappa shape index (κ1) is 92.2. The molecule has 16 rings (SSSR count). The van der Waals surface area contributed by atoms with Crippen molar-refractivity contribution < 1.29 is 132 Å². The Morgan fingerprint density at radius 1 is 0.352 bits per heavy atom. The van der Waals surface area contributed by atoms with E-state index < -0.39 is 89.1 Å². The molecular weight excluding hydrogens is 1750 g/mol. The predicted molar refractivity (Wildman–Crippen MR) is 448 cm³/mol. The van der Waals surface area contributed by atoms with Crippen molar-refractivity contribution >= 4 is 31.3 Å². The SMILES string of the molecule is COc1ccc(C(c2ccc(Oc3ccc(S(=O)(=O)c4ccc(O)cc4)cc3)cc2)(C(F)(F)F)C(F)(F)F)cc1.Cc1ccc(S(=O)(=O)c2ccc(Oc3ccc(C(c4ccc(O)c(C)c4)(C(F)(F)F)C(F)(F)F)cc3CCl)cc2)cc1.c1cc(C(c2ccc(OCC3CO3)cc2)C(c2ccc(OCC3CO3)cc2)c2ccc(OCC3CO3)cc2)ccc1OCC1CO1. The molecule has 4 atom stereocenters. The molecule has 0 bridgehead atoms. The van der Waals surface area contributed by atoms with Crippen LogP contribution in [0.2, 0.25) is 0 Å². The van der Waals surface area contributed by atoms with Crippen molar-refractivity contribution in [3.05, 3.63) is 340 Å². The molecule has 0 saturated carbocycles. The third-order valence-electron chi connectivity index (χ3n) is 21.6. The average Bonchev–Trinajstić information content (AvgIpc) is 1.01. The smallest absolute Gasteiger partial charge is 0.411 e. The summed E-state index contributed by atoms with van der Waals surface area (Å²) in [7, 11) is -6.53. The Bertz CT molecular complexity index is 5740. The largest absolute Gasteiger partial charge is 0.508 e. The van der Waals surface area contributed by atoms with Crippen LogP contribution in [0.3, 0.4) is 0 Å². The number of hydrogen-bond acceptors (Lipinski definition) is 17. The second-order valence-corrected chi connectivity index (χ2v) is 34.6. The maximum Gasteiger partial charge on any atom is 0.411 e. The maximum atomic E-state index is 14.5. The molecule has 0 aromatic heterocycles. The van der Waals surface area contributed by atoms with Gasteiger partial charge in [0.1, 0.15) is 114 Å². The van der Waals surface area contributed by atoms with Crippen molar-refractivity contribution in [1.82, 2.24) is 0 Å². The van der Waals surface area contributed by atoms with E-state index in [0.29, 0.717) is 62.8 Å². The van der Waals surface area contributed by atoms with Gasteiger partial charge in [0, 0.05) is 17.4 Å². The van der Waals surface area contributed by atoms with Gasteiger partial charge in [-0.05, 0) is 240 Å². The molecule has 128 heavy (non-hydrogen) atoms. The monoisotopic (exact) mass is 1830 g/mol. The molecule has 4 aliphatic heterocycles. The minimum absolute atomic E-state index is 0.0140. The summed E-state index contributed by atoms with van der Waals surface area (Å²) in [4.78, 5) is -0.135. The molecule has 4 fully saturated rings. The molecule has 17 nitrogen and oxygen atoms in total. The second kappa shape index (κ2) is 38.1. The lowest BCUT2D eigenvalue weighted by atomic mass is 9.72. The number of phenols is 2. The minimum atomic E-state index is -5.83. The highest BCUT2D eigenvalue weighted by Crippen LogP contribution is 2.59. The van der Waals surface area contributed by atoms with E-state index in [1.165, 1.54) is 121 Å². The summed E-state index contributed by atoms with van der Waals surface area (Å²) in [6.07, 6.45) is -22.3. The highest BCUT2D eigenvalue weighted by atomic mass is 35.5. The number of aromatic hydroxyl groups is 2. The average molecular weight is 1830 g/mol. The number of sulfone groups is 2. The number of methoxy groups -OCH3 is 1. The predicted octanol–water partition coefficient (Wildman–Crippen LogP) is 22.0. The first-order valence-electron chi connectivity index (χ1n) is 39.8. The molecule has 4 saturated heterocycles. The summed E-state index contributed by atoms with van der Waals surface area (Å²) in [5.74, 6) is 2.30. The number of benzene rings is 12. The van der Waals surface area contributed by atoms with Gasteiger partial charge in [-0.25, -0.2) is 16.8 Å². The standard InChI is InChI=1S/C38H38O8.C30H23ClF6O4S.C28H20F6O5S/c1-9-29(39-17-33-21-43-33)10-2-25(1)37(26-3-11-30(12-4-26)40-18-34-22-44-34)38(27-5-13-31(14-6-27)41-19-35-23-45-35)28-7-15-32(16-8-28)42-20-36-24-46-36;1-18-3-9-24(10-4-18)42(39,40)25-11-7-23(8-12-25)41-27-14-6-22(16-20(27)17-31)28(29(32,33)34,30(35,36)37)21-5-13-26(38)19(2)15-21;1-38-21-8-2-18(3-9-21)26(27(29,30)31,28(32,33)34)19-4-10-22(11-5-19)39-23-12-16-25(17-13-23)40(36,37)24-14-6-20(35)7-15-24/h1-16,33-38H,17-24H2;3-16,38H,17H2,1-2H3;2-17,35H,1H3. The van der Waals surface area contributed by atoms with Gasteiger partial charge in [0.05, 0.1) is 59.0 Å². The number of rotatable bonds is 31. The molecule has 0 radical (unpaired) electrons. The van der Waals surface area contributed by atoms with Gasteiger partial charge >= 0.3 is 24.7 Å². The van der Waals surface area contributed by atoms with Crippen LogP contribution in [-0.4, -0.2) is 136 Å². The van der Waals surface area contributed by atoms with E-state index in [2.05, 4.69) is 97.1 Å². The van der Waals surface area contributed by atoms with Crippen LogP contribution >= 0.6 is 11.6 Å². The molecular formula is C96H81ClF12O17S2. The lowest BCUT2D eigenvalue weighted by Gasteiger charge is -2.38. The van der Waals surface area contributed by atoms with Gasteiger partial charge in [-0.2, -0.15) is 52.7 Å². The first-order valence-corrected chi connectivity index (χ1v) is 43.3. The van der Waals surface area contributed by atoms with Gasteiger partial charge in [-0.1, -0.05) is 109 Å². The number of alkyl halides is 13. The summed E-state index contributed by atoms with van der Waals surface area (Å²) in [5.41, 5.74) is -7.89. The Labute approximate surface area is 733 Å². The Hall–Kier alpha value is -12.0. The molecule has 4 heterocycles. The van der Waals surface area contributed by atoms with Crippen molar-refractivity contribution in [2.24, 2.45) is 0 Å². The fraction of sp³-hybridized carbons (Fsp3) is 0.250. The Kier molecular flexibility index (Phi) is 27.5. The number of hydrogen-bond donors (Lipinski definition) is 2. The van der Waals surface area contributed by atoms with E-state index in [-0.39, 0.29) is 101 Å². The van der Waals surface area contributed by atoms with E-state index in [1.807, 2.05) is 6.92 Å². The zero-order chi connectivity index (χ0) is 91.1. The molecule has 4 aliphatic rings. The van der Waals surface area contributed by atoms with Crippen LogP contribution in [0, 0.1) is 13.8 Å².